The van der Waals surface area contributed by atoms with E-state index in [4.69, 9.17) is 15.1 Å². The summed E-state index contributed by atoms with van der Waals surface area (Å²) >= 11 is 0. The molecule has 160 valence electrons. The Bertz CT molecular complexity index is 1210. The Hall–Kier alpha value is -3.06. The Labute approximate surface area is 180 Å². The summed E-state index contributed by atoms with van der Waals surface area (Å²) in [5, 5.41) is 12.9. The minimum Gasteiger partial charge on any atom is -0.350 e. The molecule has 0 amide bonds. The van der Waals surface area contributed by atoms with E-state index in [2.05, 4.69) is 30.5 Å². The van der Waals surface area contributed by atoms with Crippen molar-refractivity contribution >= 4 is 22.5 Å². The van der Waals surface area contributed by atoms with Crippen LogP contribution in [-0.4, -0.2) is 38.7 Å². The molecule has 1 aliphatic rings. The van der Waals surface area contributed by atoms with Crippen LogP contribution in [0.15, 0.2) is 42.5 Å². The summed E-state index contributed by atoms with van der Waals surface area (Å²) in [7, 11) is 0. The lowest BCUT2D eigenvalue weighted by Crippen LogP contribution is -2.32. The van der Waals surface area contributed by atoms with Gasteiger partial charge in [0, 0.05) is 23.5 Å². The van der Waals surface area contributed by atoms with E-state index in [1.165, 1.54) is 30.5 Å². The van der Waals surface area contributed by atoms with Gasteiger partial charge < -0.3 is 10.6 Å². The van der Waals surface area contributed by atoms with Crippen LogP contribution in [0.25, 0.3) is 27.9 Å². The molecular weight excluding hydrogens is 391 g/mol. The second-order valence-electron chi connectivity index (χ2n) is 8.55. The van der Waals surface area contributed by atoms with Gasteiger partial charge in [0.2, 0.25) is 5.95 Å². The van der Waals surface area contributed by atoms with Crippen LogP contribution in [0.4, 0.5) is 10.3 Å². The van der Waals surface area contributed by atoms with Crippen LogP contribution in [-0.2, 0) is 0 Å². The van der Waals surface area contributed by atoms with Crippen LogP contribution in [0.2, 0.25) is 0 Å². The molecule has 2 N–H and O–H groups in total. The first-order valence-electron chi connectivity index (χ1n) is 11.0. The number of nitrogens with one attached hydrogen (secondary N) is 2. The van der Waals surface area contributed by atoms with Crippen LogP contribution in [0, 0.1) is 5.82 Å². The zero-order valence-electron chi connectivity index (χ0n) is 17.9. The van der Waals surface area contributed by atoms with Crippen molar-refractivity contribution in [3.8, 4) is 11.4 Å². The van der Waals surface area contributed by atoms with E-state index in [1.807, 2.05) is 12.1 Å². The molecule has 0 spiro atoms. The number of hydrogen-bond donors (Lipinski definition) is 2. The summed E-state index contributed by atoms with van der Waals surface area (Å²) in [5.41, 5.74) is 3.68. The van der Waals surface area contributed by atoms with E-state index in [0.717, 1.165) is 41.6 Å². The highest BCUT2D eigenvalue weighted by Gasteiger charge is 2.20. The molecule has 0 radical (unpaired) electrons. The third-order valence-electron chi connectivity index (χ3n) is 5.94. The quantitative estimate of drug-likeness (QED) is 0.500. The van der Waals surface area contributed by atoms with Gasteiger partial charge in [0.1, 0.15) is 5.82 Å². The smallest absolute Gasteiger partial charge is 0.226 e. The van der Waals surface area contributed by atoms with Crippen LogP contribution in [0.5, 0.6) is 0 Å². The van der Waals surface area contributed by atoms with Crippen molar-refractivity contribution in [2.45, 2.75) is 45.1 Å². The number of aromatic nitrogens is 4. The van der Waals surface area contributed by atoms with E-state index in [9.17, 15) is 4.39 Å². The number of benzene rings is 2. The molecule has 0 unspecified atom stereocenters. The zero-order valence-corrected chi connectivity index (χ0v) is 17.9. The maximum Gasteiger partial charge on any atom is 0.226 e. The molecule has 1 saturated heterocycles. The monoisotopic (exact) mass is 418 g/mol. The topological polar surface area (TPSA) is 67.1 Å². The van der Waals surface area contributed by atoms with Crippen molar-refractivity contribution in [2.24, 2.45) is 0 Å². The maximum atomic E-state index is 13.4. The van der Waals surface area contributed by atoms with Crippen molar-refractivity contribution in [1.29, 1.82) is 0 Å². The molecule has 2 aromatic heterocycles. The van der Waals surface area contributed by atoms with Crippen molar-refractivity contribution in [3.63, 3.8) is 0 Å². The summed E-state index contributed by atoms with van der Waals surface area (Å²) in [4.78, 5) is 9.88. The van der Waals surface area contributed by atoms with Crippen LogP contribution >= 0.6 is 0 Å². The summed E-state index contributed by atoms with van der Waals surface area (Å²) in [6.45, 7) is 6.30. The molecule has 1 atom stereocenters. The van der Waals surface area contributed by atoms with Gasteiger partial charge in [0.25, 0.3) is 0 Å². The number of halogens is 1. The number of nitrogens with zero attached hydrogens (tertiary/aromatic N) is 4. The molecule has 6 nitrogen and oxygen atoms in total. The van der Waals surface area contributed by atoms with Crippen molar-refractivity contribution in [1.82, 2.24) is 24.9 Å². The fraction of sp³-hybridized carbons (Fsp3) is 0.375. The number of rotatable bonds is 4. The lowest BCUT2D eigenvalue weighted by atomic mass is 10.0. The molecular formula is C24H27FN6. The summed E-state index contributed by atoms with van der Waals surface area (Å²) in [5.74, 6) is 1.33. The van der Waals surface area contributed by atoms with Gasteiger partial charge in [-0.25, -0.2) is 14.4 Å². The molecule has 1 fully saturated rings. The van der Waals surface area contributed by atoms with Crippen LogP contribution in [0.1, 0.15) is 44.6 Å². The Balaban J connectivity index is 1.70. The van der Waals surface area contributed by atoms with Crippen molar-refractivity contribution < 1.29 is 4.39 Å². The molecule has 2 aromatic carbocycles. The van der Waals surface area contributed by atoms with Crippen molar-refractivity contribution in [3.05, 3.63) is 53.8 Å². The zero-order chi connectivity index (χ0) is 21.4. The highest BCUT2D eigenvalue weighted by Crippen LogP contribution is 2.30. The van der Waals surface area contributed by atoms with E-state index < -0.39 is 0 Å². The predicted molar refractivity (Wildman–Crippen MR) is 122 cm³/mol. The normalized spacial score (nSPS) is 17.4. The Morgan fingerprint density at radius 1 is 1.10 bits per heavy atom. The largest absolute Gasteiger partial charge is 0.350 e. The van der Waals surface area contributed by atoms with Crippen LogP contribution in [0.3, 0.4) is 0 Å². The Kier molecular flexibility index (Phi) is 5.28. The average Bonchev–Trinajstić information content (AvgIpc) is 3.06. The first kappa shape index (κ1) is 19.9. The SMILES string of the molecule is CC(C)c1cccc2c1nc(N[C@@H]1CCCCNC1)n1nc(-c3ccc(F)cc3)nc21. The standard InChI is InChI=1S/C24H27FN6/c1-15(2)19-7-5-8-20-21(19)28-24(27-18-6-3-4-13-26-14-18)31-23(20)29-22(30-31)16-9-11-17(25)12-10-16/h5,7-12,15,18,26H,3-4,6,13-14H2,1-2H3,(H,27,28)/t18-/m1/s1. The van der Waals surface area contributed by atoms with Gasteiger partial charge in [0.15, 0.2) is 11.5 Å². The maximum absolute atomic E-state index is 13.4. The Morgan fingerprint density at radius 2 is 1.94 bits per heavy atom. The van der Waals surface area contributed by atoms with Gasteiger partial charge in [-0.3, -0.25) is 0 Å². The van der Waals surface area contributed by atoms with E-state index in [0.29, 0.717) is 17.7 Å². The van der Waals surface area contributed by atoms with Gasteiger partial charge in [-0.05, 0) is 61.2 Å². The minimum absolute atomic E-state index is 0.274. The first-order valence-corrected chi connectivity index (χ1v) is 11.0. The van der Waals surface area contributed by atoms with Gasteiger partial charge in [-0.2, -0.15) is 4.52 Å². The highest BCUT2D eigenvalue weighted by molar-refractivity contribution is 5.95. The molecule has 31 heavy (non-hydrogen) atoms. The molecule has 7 heteroatoms. The summed E-state index contributed by atoms with van der Waals surface area (Å²) < 4.78 is 15.2. The predicted octanol–water partition coefficient (Wildman–Crippen LogP) is 4.76. The lowest BCUT2D eigenvalue weighted by Gasteiger charge is -2.18. The van der Waals surface area contributed by atoms with Gasteiger partial charge in [0.05, 0.1) is 5.52 Å². The first-order chi connectivity index (χ1) is 15.1. The lowest BCUT2D eigenvalue weighted by molar-refractivity contribution is 0.627. The number of hydrogen-bond acceptors (Lipinski definition) is 5. The number of para-hydroxylation sites is 1. The number of fused-ring (bicyclic) bond motifs is 3. The molecule has 0 bridgehead atoms. The van der Waals surface area contributed by atoms with Gasteiger partial charge in [-0.15, -0.1) is 5.10 Å². The van der Waals surface area contributed by atoms with Crippen molar-refractivity contribution in [2.75, 3.05) is 18.4 Å². The molecule has 1 aliphatic heterocycles. The molecule has 0 aliphatic carbocycles. The van der Waals surface area contributed by atoms with Gasteiger partial charge >= 0.3 is 0 Å². The number of anilines is 1. The minimum atomic E-state index is -0.274. The molecule has 0 saturated carbocycles. The highest BCUT2D eigenvalue weighted by atomic mass is 19.1. The second-order valence-corrected chi connectivity index (χ2v) is 8.55. The van der Waals surface area contributed by atoms with E-state index >= 15 is 0 Å². The average molecular weight is 419 g/mol. The summed E-state index contributed by atoms with van der Waals surface area (Å²) in [6.07, 6.45) is 3.45. The fourth-order valence-corrected chi connectivity index (χ4v) is 4.26. The third-order valence-corrected chi connectivity index (χ3v) is 5.94. The van der Waals surface area contributed by atoms with Gasteiger partial charge in [-0.1, -0.05) is 32.4 Å². The fourth-order valence-electron chi connectivity index (χ4n) is 4.26. The molecule has 4 aromatic rings. The van der Waals surface area contributed by atoms with E-state index in [-0.39, 0.29) is 11.9 Å². The molecule has 3 heterocycles. The Morgan fingerprint density at radius 3 is 2.74 bits per heavy atom. The summed E-state index contributed by atoms with van der Waals surface area (Å²) in [6, 6.07) is 12.8. The van der Waals surface area contributed by atoms with Crippen LogP contribution < -0.4 is 10.6 Å². The second kappa shape index (κ2) is 8.23. The molecule has 5 rings (SSSR count). The van der Waals surface area contributed by atoms with E-state index in [1.54, 1.807) is 16.6 Å². The third kappa shape index (κ3) is 3.85.